The van der Waals surface area contributed by atoms with Gasteiger partial charge in [0.1, 0.15) is 6.04 Å². The molecule has 1 rings (SSSR count). The van der Waals surface area contributed by atoms with Crippen molar-refractivity contribution < 1.29 is 4.79 Å². The molecule has 3 nitrogen and oxygen atoms in total. The van der Waals surface area contributed by atoms with Gasteiger partial charge in [0.25, 0.3) is 0 Å². The number of nitrogens with one attached hydrogen (secondary N) is 2. The summed E-state index contributed by atoms with van der Waals surface area (Å²) in [5, 5.41) is 6.74. The van der Waals surface area contributed by atoms with Crippen molar-refractivity contribution >= 4 is 23.2 Å². The molecule has 0 heterocycles. The second kappa shape index (κ2) is 7.27. The summed E-state index contributed by atoms with van der Waals surface area (Å²) in [6.07, 6.45) is 0.999. The van der Waals surface area contributed by atoms with Gasteiger partial charge < -0.3 is 10.6 Å². The Hall–Kier alpha value is -1.22. The first-order valence-corrected chi connectivity index (χ1v) is 6.66. The van der Waals surface area contributed by atoms with Gasteiger partial charge in [-0.25, -0.2) is 0 Å². The number of rotatable bonds is 6. The van der Waals surface area contributed by atoms with E-state index < -0.39 is 0 Å². The fraction of sp³-hybridized carbons (Fsp3) is 0.500. The number of anilines is 1. The molecule has 18 heavy (non-hydrogen) atoms. The van der Waals surface area contributed by atoms with Gasteiger partial charge >= 0.3 is 0 Å². The third-order valence-corrected chi connectivity index (χ3v) is 2.89. The van der Waals surface area contributed by atoms with E-state index in [1.165, 1.54) is 0 Å². The highest BCUT2D eigenvalue weighted by Gasteiger charge is 2.11. The summed E-state index contributed by atoms with van der Waals surface area (Å²) in [5.74, 6) is 0.621. The molecule has 1 atom stereocenters. The molecule has 0 bridgehead atoms. The van der Waals surface area contributed by atoms with Gasteiger partial charge in [0.05, 0.1) is 0 Å². The lowest BCUT2D eigenvalue weighted by Gasteiger charge is -2.15. The molecule has 0 aromatic heterocycles. The van der Waals surface area contributed by atoms with Crippen molar-refractivity contribution in [3.63, 3.8) is 0 Å². The summed E-state index contributed by atoms with van der Waals surface area (Å²) >= 11 is 5.80. The summed E-state index contributed by atoms with van der Waals surface area (Å²) in [6, 6.07) is 7.07. The van der Waals surface area contributed by atoms with Crippen LogP contribution in [0.5, 0.6) is 0 Å². The maximum Gasteiger partial charge on any atom is 0.242 e. The molecule has 0 saturated carbocycles. The molecule has 100 valence electrons. The highest BCUT2D eigenvalue weighted by Crippen LogP contribution is 2.14. The molecule has 1 unspecified atom stereocenters. The molecule has 2 N–H and O–H groups in total. The fourth-order valence-electron chi connectivity index (χ4n) is 1.50. The zero-order chi connectivity index (χ0) is 13.5. The maximum absolute atomic E-state index is 11.8. The van der Waals surface area contributed by atoms with E-state index in [9.17, 15) is 4.79 Å². The first-order valence-electron chi connectivity index (χ1n) is 6.29. The molecule has 0 aliphatic rings. The summed E-state index contributed by atoms with van der Waals surface area (Å²) in [6.45, 7) is 6.85. The van der Waals surface area contributed by atoms with Crippen LogP contribution in [-0.4, -0.2) is 18.5 Å². The lowest BCUT2D eigenvalue weighted by molar-refractivity contribution is -0.121. The predicted octanol–water partition coefficient (Wildman–Crippen LogP) is 3.30. The van der Waals surface area contributed by atoms with Gasteiger partial charge in [0.15, 0.2) is 0 Å². The zero-order valence-electron chi connectivity index (χ0n) is 11.2. The second-order valence-corrected chi connectivity index (χ2v) is 5.28. The van der Waals surface area contributed by atoms with Gasteiger partial charge in [0, 0.05) is 17.3 Å². The Morgan fingerprint density at radius 3 is 2.39 bits per heavy atom. The van der Waals surface area contributed by atoms with Crippen molar-refractivity contribution in [3.8, 4) is 0 Å². The quantitative estimate of drug-likeness (QED) is 0.831. The van der Waals surface area contributed by atoms with Crippen LogP contribution in [0, 0.1) is 5.92 Å². The number of carbonyl (C=O) groups excluding carboxylic acids is 1. The molecular weight excluding hydrogens is 248 g/mol. The average Bonchev–Trinajstić information content (AvgIpc) is 2.31. The second-order valence-electron chi connectivity index (χ2n) is 4.85. The van der Waals surface area contributed by atoms with Gasteiger partial charge in [-0.3, -0.25) is 4.79 Å². The molecule has 0 fully saturated rings. The lowest BCUT2D eigenvalue weighted by atomic mass is 10.1. The third kappa shape index (κ3) is 5.41. The van der Waals surface area contributed by atoms with Crippen LogP contribution < -0.4 is 10.6 Å². The first-order chi connectivity index (χ1) is 8.49. The smallest absolute Gasteiger partial charge is 0.242 e. The average molecular weight is 269 g/mol. The van der Waals surface area contributed by atoms with Crippen molar-refractivity contribution in [1.29, 1.82) is 0 Å². The third-order valence-electron chi connectivity index (χ3n) is 2.64. The summed E-state index contributed by atoms with van der Waals surface area (Å²) in [5.41, 5.74) is 0.894. The van der Waals surface area contributed by atoms with Crippen molar-refractivity contribution in [2.24, 2.45) is 5.92 Å². The van der Waals surface area contributed by atoms with Crippen LogP contribution >= 0.6 is 11.6 Å². The van der Waals surface area contributed by atoms with Crippen molar-refractivity contribution in [2.75, 3.05) is 11.9 Å². The van der Waals surface area contributed by atoms with Gasteiger partial charge in [-0.2, -0.15) is 0 Å². The minimum Gasteiger partial charge on any atom is -0.374 e. The summed E-state index contributed by atoms with van der Waals surface area (Å²) < 4.78 is 0. The maximum atomic E-state index is 11.8. The number of benzene rings is 1. The molecule has 0 radical (unpaired) electrons. The van der Waals surface area contributed by atoms with Crippen LogP contribution in [0.15, 0.2) is 24.3 Å². The topological polar surface area (TPSA) is 41.1 Å². The van der Waals surface area contributed by atoms with Gasteiger partial charge in [0.2, 0.25) is 5.91 Å². The van der Waals surface area contributed by atoms with Crippen LogP contribution in [0.25, 0.3) is 0 Å². The van der Waals surface area contributed by atoms with Crippen LogP contribution in [0.2, 0.25) is 5.02 Å². The standard InChI is InChI=1S/C14H21ClN2O/c1-10(2)8-9-16-14(18)11(3)17-13-6-4-12(15)5-7-13/h4-7,10-11,17H,8-9H2,1-3H3,(H,16,18). The molecule has 0 aliphatic carbocycles. The molecule has 1 amide bonds. The minimum atomic E-state index is -0.252. The van der Waals surface area contributed by atoms with E-state index in [-0.39, 0.29) is 11.9 Å². The van der Waals surface area contributed by atoms with E-state index in [4.69, 9.17) is 11.6 Å². The van der Waals surface area contributed by atoms with E-state index in [0.29, 0.717) is 10.9 Å². The monoisotopic (exact) mass is 268 g/mol. The highest BCUT2D eigenvalue weighted by atomic mass is 35.5. The highest BCUT2D eigenvalue weighted by molar-refractivity contribution is 6.30. The van der Waals surface area contributed by atoms with Crippen LogP contribution in [0.1, 0.15) is 27.2 Å². The minimum absolute atomic E-state index is 0.0191. The lowest BCUT2D eigenvalue weighted by Crippen LogP contribution is -2.38. The number of halogens is 1. The van der Waals surface area contributed by atoms with Gasteiger partial charge in [-0.05, 0) is 43.5 Å². The molecular formula is C14H21ClN2O. The molecule has 1 aromatic carbocycles. The van der Waals surface area contributed by atoms with Crippen LogP contribution in [-0.2, 0) is 4.79 Å². The van der Waals surface area contributed by atoms with E-state index in [0.717, 1.165) is 18.7 Å². The number of hydrogen-bond donors (Lipinski definition) is 2. The van der Waals surface area contributed by atoms with Gasteiger partial charge in [-0.15, -0.1) is 0 Å². The zero-order valence-corrected chi connectivity index (χ0v) is 11.9. The Morgan fingerprint density at radius 1 is 1.22 bits per heavy atom. The molecule has 0 saturated heterocycles. The van der Waals surface area contributed by atoms with E-state index in [1.807, 2.05) is 19.1 Å². The Kier molecular flexibility index (Phi) is 5.99. The summed E-state index contributed by atoms with van der Waals surface area (Å²) in [4.78, 5) is 11.8. The van der Waals surface area contributed by atoms with Crippen molar-refractivity contribution in [2.45, 2.75) is 33.2 Å². The van der Waals surface area contributed by atoms with E-state index in [2.05, 4.69) is 24.5 Å². The summed E-state index contributed by atoms with van der Waals surface area (Å²) in [7, 11) is 0. The van der Waals surface area contributed by atoms with Crippen LogP contribution in [0.3, 0.4) is 0 Å². The largest absolute Gasteiger partial charge is 0.374 e. The number of hydrogen-bond acceptors (Lipinski definition) is 2. The molecule has 0 aliphatic heterocycles. The number of carbonyl (C=O) groups is 1. The Bertz CT molecular complexity index is 376. The van der Waals surface area contributed by atoms with E-state index >= 15 is 0 Å². The molecule has 1 aromatic rings. The van der Waals surface area contributed by atoms with Crippen LogP contribution in [0.4, 0.5) is 5.69 Å². The Labute approximate surface area is 114 Å². The normalized spacial score (nSPS) is 12.3. The van der Waals surface area contributed by atoms with Crippen molar-refractivity contribution in [3.05, 3.63) is 29.3 Å². The molecule has 0 spiro atoms. The number of amides is 1. The Morgan fingerprint density at radius 2 is 1.83 bits per heavy atom. The van der Waals surface area contributed by atoms with E-state index in [1.54, 1.807) is 12.1 Å². The predicted molar refractivity (Wildman–Crippen MR) is 77.0 cm³/mol. The first kappa shape index (κ1) is 14.8. The Balaban J connectivity index is 2.37. The molecule has 4 heteroatoms. The fourth-order valence-corrected chi connectivity index (χ4v) is 1.62. The SMILES string of the molecule is CC(C)CCNC(=O)C(C)Nc1ccc(Cl)cc1. The van der Waals surface area contributed by atoms with Gasteiger partial charge in [-0.1, -0.05) is 25.4 Å². The van der Waals surface area contributed by atoms with Crippen molar-refractivity contribution in [1.82, 2.24) is 5.32 Å².